The van der Waals surface area contributed by atoms with Crippen LogP contribution in [-0.4, -0.2) is 37.5 Å². The molecule has 5 nitrogen and oxygen atoms in total. The molecule has 3 N–H and O–H groups in total. The molecule has 0 aliphatic rings. The highest BCUT2D eigenvalue weighted by Crippen LogP contribution is 2.20. The molecule has 132 valence electrons. The second-order valence-corrected chi connectivity index (χ2v) is 6.51. The van der Waals surface area contributed by atoms with Gasteiger partial charge in [0.05, 0.1) is 6.54 Å². The standard InChI is InChI=1S/C16H28N4OS.HI/c1-5-17-16(18-9-8-15(21)20-12(2)3)19-11-13(4)14-7-6-10-22-14;/h6-7,10,12-13H,5,8-9,11H2,1-4H3,(H,20,21)(H2,17,18,19);1H. The Morgan fingerprint density at radius 1 is 1.30 bits per heavy atom. The summed E-state index contributed by atoms with van der Waals surface area (Å²) in [5.41, 5.74) is 0. The molecule has 7 heteroatoms. The van der Waals surface area contributed by atoms with Crippen LogP contribution in [-0.2, 0) is 4.79 Å². The van der Waals surface area contributed by atoms with Crippen molar-refractivity contribution in [2.24, 2.45) is 4.99 Å². The third-order valence-corrected chi connectivity index (χ3v) is 4.09. The Labute approximate surface area is 160 Å². The van der Waals surface area contributed by atoms with E-state index < -0.39 is 0 Å². The molecule has 0 radical (unpaired) electrons. The van der Waals surface area contributed by atoms with E-state index in [4.69, 9.17) is 0 Å². The van der Waals surface area contributed by atoms with Crippen LogP contribution in [0.25, 0.3) is 0 Å². The molecule has 1 aromatic rings. The SMILES string of the molecule is CCNC(=NCC(C)c1cccs1)NCCC(=O)NC(C)C.I. The van der Waals surface area contributed by atoms with E-state index in [0.717, 1.165) is 19.0 Å². The number of amides is 1. The van der Waals surface area contributed by atoms with E-state index in [9.17, 15) is 4.79 Å². The topological polar surface area (TPSA) is 65.5 Å². The zero-order valence-corrected chi connectivity index (χ0v) is 17.5. The summed E-state index contributed by atoms with van der Waals surface area (Å²) in [7, 11) is 0. The highest BCUT2D eigenvalue weighted by molar-refractivity contribution is 14.0. The molecular formula is C16H29IN4OS. The fourth-order valence-electron chi connectivity index (χ4n) is 1.92. The van der Waals surface area contributed by atoms with Gasteiger partial charge in [-0.2, -0.15) is 0 Å². The first-order valence-electron chi connectivity index (χ1n) is 7.87. The van der Waals surface area contributed by atoms with Gasteiger partial charge >= 0.3 is 0 Å². The summed E-state index contributed by atoms with van der Waals surface area (Å²) in [6.07, 6.45) is 0.447. The quantitative estimate of drug-likeness (QED) is 0.323. The number of aliphatic imine (C=N–C) groups is 1. The van der Waals surface area contributed by atoms with Crippen molar-refractivity contribution in [1.82, 2.24) is 16.0 Å². The number of thiophene rings is 1. The zero-order valence-electron chi connectivity index (χ0n) is 14.4. The lowest BCUT2D eigenvalue weighted by Crippen LogP contribution is -2.40. The Balaban J connectivity index is 0.00000484. The van der Waals surface area contributed by atoms with Gasteiger partial charge < -0.3 is 16.0 Å². The third-order valence-electron chi connectivity index (χ3n) is 2.99. The number of guanidine groups is 1. The second-order valence-electron chi connectivity index (χ2n) is 5.54. The smallest absolute Gasteiger partial charge is 0.221 e. The maximum absolute atomic E-state index is 11.6. The number of carbonyl (C=O) groups is 1. The van der Waals surface area contributed by atoms with Gasteiger partial charge in [-0.1, -0.05) is 13.0 Å². The van der Waals surface area contributed by atoms with Crippen molar-refractivity contribution < 1.29 is 4.79 Å². The summed E-state index contributed by atoms with van der Waals surface area (Å²) in [4.78, 5) is 17.5. The van der Waals surface area contributed by atoms with Crippen LogP contribution in [0, 0.1) is 0 Å². The summed E-state index contributed by atoms with van der Waals surface area (Å²) in [5.74, 6) is 1.23. The zero-order chi connectivity index (χ0) is 16.4. The molecule has 0 spiro atoms. The summed E-state index contributed by atoms with van der Waals surface area (Å²) < 4.78 is 0. The van der Waals surface area contributed by atoms with Gasteiger partial charge in [-0.3, -0.25) is 9.79 Å². The average molecular weight is 452 g/mol. The van der Waals surface area contributed by atoms with Crippen molar-refractivity contribution in [3.63, 3.8) is 0 Å². The second kappa shape index (κ2) is 12.6. The first-order valence-corrected chi connectivity index (χ1v) is 8.75. The van der Waals surface area contributed by atoms with Gasteiger partial charge in [0.2, 0.25) is 5.91 Å². The van der Waals surface area contributed by atoms with E-state index in [1.165, 1.54) is 4.88 Å². The molecule has 1 rings (SSSR count). The lowest BCUT2D eigenvalue weighted by molar-refractivity contribution is -0.121. The molecule has 23 heavy (non-hydrogen) atoms. The molecule has 0 aliphatic heterocycles. The van der Waals surface area contributed by atoms with Crippen LogP contribution < -0.4 is 16.0 Å². The number of halogens is 1. The molecule has 1 atom stereocenters. The summed E-state index contributed by atoms with van der Waals surface area (Å²) >= 11 is 1.76. The Morgan fingerprint density at radius 2 is 2.04 bits per heavy atom. The molecule has 0 fully saturated rings. The van der Waals surface area contributed by atoms with Crippen LogP contribution >= 0.6 is 35.3 Å². The number of hydrogen-bond donors (Lipinski definition) is 3. The van der Waals surface area contributed by atoms with Crippen LogP contribution in [0.1, 0.15) is 44.9 Å². The number of hydrogen-bond acceptors (Lipinski definition) is 3. The van der Waals surface area contributed by atoms with Crippen LogP contribution in [0.2, 0.25) is 0 Å². The summed E-state index contributed by atoms with van der Waals surface area (Å²) in [5, 5.41) is 11.4. The molecule has 0 bridgehead atoms. The van der Waals surface area contributed by atoms with Gasteiger partial charge in [-0.05, 0) is 32.2 Å². The van der Waals surface area contributed by atoms with Gasteiger partial charge in [0.15, 0.2) is 5.96 Å². The Hall–Kier alpha value is -0.830. The maximum Gasteiger partial charge on any atom is 0.221 e. The Morgan fingerprint density at radius 3 is 2.61 bits per heavy atom. The lowest BCUT2D eigenvalue weighted by Gasteiger charge is -2.13. The van der Waals surface area contributed by atoms with Crippen LogP contribution in [0.15, 0.2) is 22.5 Å². The number of nitrogens with one attached hydrogen (secondary N) is 3. The largest absolute Gasteiger partial charge is 0.357 e. The highest BCUT2D eigenvalue weighted by Gasteiger charge is 2.07. The number of carbonyl (C=O) groups excluding carboxylic acids is 1. The molecule has 1 aromatic heterocycles. The molecule has 0 saturated carbocycles. The molecule has 0 aliphatic carbocycles. The first kappa shape index (κ1) is 22.2. The Bertz CT molecular complexity index is 463. The summed E-state index contributed by atoms with van der Waals surface area (Å²) in [6.45, 7) is 10.2. The van der Waals surface area contributed by atoms with Gasteiger partial charge in [-0.15, -0.1) is 35.3 Å². The minimum Gasteiger partial charge on any atom is -0.357 e. The molecule has 1 unspecified atom stereocenters. The van der Waals surface area contributed by atoms with Crippen molar-refractivity contribution in [3.8, 4) is 0 Å². The van der Waals surface area contributed by atoms with E-state index in [-0.39, 0.29) is 35.9 Å². The van der Waals surface area contributed by atoms with Gasteiger partial charge in [0, 0.05) is 36.3 Å². The van der Waals surface area contributed by atoms with Gasteiger partial charge in [-0.25, -0.2) is 0 Å². The van der Waals surface area contributed by atoms with Gasteiger partial charge in [0.1, 0.15) is 0 Å². The van der Waals surface area contributed by atoms with Crippen LogP contribution in [0.3, 0.4) is 0 Å². The van der Waals surface area contributed by atoms with Crippen molar-refractivity contribution in [2.45, 2.75) is 46.1 Å². The molecule has 1 heterocycles. The van der Waals surface area contributed by atoms with E-state index in [0.29, 0.717) is 18.9 Å². The number of rotatable bonds is 8. The monoisotopic (exact) mass is 452 g/mol. The van der Waals surface area contributed by atoms with E-state index in [1.807, 2.05) is 20.8 Å². The molecule has 0 saturated heterocycles. The predicted molar refractivity (Wildman–Crippen MR) is 110 cm³/mol. The van der Waals surface area contributed by atoms with Gasteiger partial charge in [0.25, 0.3) is 0 Å². The minimum atomic E-state index is 0. The lowest BCUT2D eigenvalue weighted by atomic mass is 10.1. The normalized spacial score (nSPS) is 12.5. The molecule has 1 amide bonds. The molecular weight excluding hydrogens is 423 g/mol. The predicted octanol–water partition coefficient (Wildman–Crippen LogP) is 2.94. The van der Waals surface area contributed by atoms with Crippen molar-refractivity contribution in [3.05, 3.63) is 22.4 Å². The van der Waals surface area contributed by atoms with E-state index in [2.05, 4.69) is 45.4 Å². The molecule has 0 aromatic carbocycles. The fraction of sp³-hybridized carbons (Fsp3) is 0.625. The average Bonchev–Trinajstić information content (AvgIpc) is 2.97. The maximum atomic E-state index is 11.6. The first-order chi connectivity index (χ1) is 10.5. The number of nitrogens with zero attached hydrogens (tertiary/aromatic N) is 1. The van der Waals surface area contributed by atoms with Crippen LogP contribution in [0.4, 0.5) is 0 Å². The van der Waals surface area contributed by atoms with E-state index >= 15 is 0 Å². The third kappa shape index (κ3) is 9.80. The Kier molecular flexibility index (Phi) is 12.1. The van der Waals surface area contributed by atoms with Crippen LogP contribution in [0.5, 0.6) is 0 Å². The summed E-state index contributed by atoms with van der Waals surface area (Å²) in [6, 6.07) is 4.39. The van der Waals surface area contributed by atoms with Crippen molar-refractivity contribution in [2.75, 3.05) is 19.6 Å². The van der Waals surface area contributed by atoms with E-state index in [1.54, 1.807) is 11.3 Å². The van der Waals surface area contributed by atoms with Crippen molar-refractivity contribution >= 4 is 47.2 Å². The minimum absolute atomic E-state index is 0. The fourth-order valence-corrected chi connectivity index (χ4v) is 2.70. The highest BCUT2D eigenvalue weighted by atomic mass is 127. The van der Waals surface area contributed by atoms with Crippen molar-refractivity contribution in [1.29, 1.82) is 0 Å².